The van der Waals surface area contributed by atoms with Gasteiger partial charge in [-0.1, -0.05) is 11.8 Å². The molecule has 0 spiro atoms. The minimum absolute atomic E-state index is 0. The van der Waals surface area contributed by atoms with E-state index in [1.54, 1.807) is 23.6 Å². The van der Waals surface area contributed by atoms with Crippen molar-refractivity contribution < 1.29 is 9.59 Å². The van der Waals surface area contributed by atoms with Crippen molar-refractivity contribution in [3.63, 3.8) is 0 Å². The number of aromatic nitrogens is 3. The predicted octanol–water partition coefficient (Wildman–Crippen LogP) is 0.304. The minimum Gasteiger partial charge on any atom is -0.355 e. The van der Waals surface area contributed by atoms with Crippen LogP contribution in [0.1, 0.15) is 19.7 Å². The summed E-state index contributed by atoms with van der Waals surface area (Å²) in [6.45, 7) is 9.62. The number of nitrogens with one attached hydrogen (secondary N) is 2. The highest BCUT2D eigenvalue weighted by molar-refractivity contribution is 7.99. The van der Waals surface area contributed by atoms with E-state index in [1.165, 1.54) is 0 Å². The number of likely N-dealkylation sites (tertiary alicyclic amines) is 1. The summed E-state index contributed by atoms with van der Waals surface area (Å²) in [6, 6.07) is 0. The summed E-state index contributed by atoms with van der Waals surface area (Å²) in [5.74, 6) is 1.96. The van der Waals surface area contributed by atoms with E-state index >= 15 is 0 Å². The van der Waals surface area contributed by atoms with E-state index in [0.717, 1.165) is 29.8 Å². The molecule has 26 heavy (non-hydrogen) atoms. The maximum Gasteiger partial charge on any atom is 0.229 e. The van der Waals surface area contributed by atoms with Crippen molar-refractivity contribution >= 4 is 36.0 Å². The Morgan fingerprint density at radius 3 is 2.88 bits per heavy atom. The molecule has 10 heteroatoms. The Morgan fingerprint density at radius 1 is 1.42 bits per heavy atom. The van der Waals surface area contributed by atoms with E-state index in [2.05, 4.69) is 32.3 Å². The van der Waals surface area contributed by atoms with Crippen molar-refractivity contribution in [3.8, 4) is 0 Å². The number of carbonyl (C=O) groups excluding carboxylic acids is 2. The Morgan fingerprint density at radius 2 is 2.19 bits per heavy atom. The van der Waals surface area contributed by atoms with E-state index in [-0.39, 0.29) is 30.1 Å². The molecule has 2 amide bonds. The standard InChI is InChI=1S/C16H26N6O2S.ClH/c1-4-22-11(2)19-20-15(22)25-6-5-18-14(24)16-9-17-7-13(16)8-21(10-16)12(3)23;/h13,17H,4-10H2,1-3H3,(H,18,24);1H/t13-,16-;/m1./s1. The maximum atomic E-state index is 12.8. The van der Waals surface area contributed by atoms with Crippen LogP contribution in [0.4, 0.5) is 0 Å². The lowest BCUT2D eigenvalue weighted by Gasteiger charge is -2.26. The molecule has 0 aliphatic carbocycles. The Labute approximate surface area is 164 Å². The molecule has 0 radical (unpaired) electrons. The van der Waals surface area contributed by atoms with Crippen molar-refractivity contribution in [1.29, 1.82) is 0 Å². The van der Waals surface area contributed by atoms with Gasteiger partial charge in [0.15, 0.2) is 5.16 Å². The van der Waals surface area contributed by atoms with Gasteiger partial charge in [-0.2, -0.15) is 0 Å². The largest absolute Gasteiger partial charge is 0.355 e. The number of halogens is 1. The first-order chi connectivity index (χ1) is 12.0. The molecule has 2 fully saturated rings. The number of thioether (sulfide) groups is 1. The Hall–Kier alpha value is -1.32. The number of carbonyl (C=O) groups is 2. The smallest absolute Gasteiger partial charge is 0.229 e. The predicted molar refractivity (Wildman–Crippen MR) is 102 cm³/mol. The Kier molecular flexibility index (Phi) is 6.92. The van der Waals surface area contributed by atoms with Crippen molar-refractivity contribution in [3.05, 3.63) is 5.82 Å². The summed E-state index contributed by atoms with van der Waals surface area (Å²) in [5, 5.41) is 15.5. The summed E-state index contributed by atoms with van der Waals surface area (Å²) >= 11 is 1.60. The van der Waals surface area contributed by atoms with Gasteiger partial charge in [0, 0.05) is 57.9 Å². The van der Waals surface area contributed by atoms with Crippen LogP contribution in [0.2, 0.25) is 0 Å². The summed E-state index contributed by atoms with van der Waals surface area (Å²) < 4.78 is 2.06. The van der Waals surface area contributed by atoms with Gasteiger partial charge in [-0.15, -0.1) is 22.6 Å². The Bertz CT molecular complexity index is 669. The van der Waals surface area contributed by atoms with Crippen molar-refractivity contribution in [2.24, 2.45) is 11.3 Å². The molecule has 2 aliphatic rings. The molecule has 8 nitrogen and oxygen atoms in total. The van der Waals surface area contributed by atoms with Gasteiger partial charge in [0.1, 0.15) is 5.82 Å². The molecular formula is C16H27ClN6O2S. The third kappa shape index (κ3) is 3.84. The van der Waals surface area contributed by atoms with Gasteiger partial charge in [-0.05, 0) is 13.8 Å². The van der Waals surface area contributed by atoms with Gasteiger partial charge in [0.25, 0.3) is 0 Å². The number of amides is 2. The zero-order chi connectivity index (χ0) is 18.0. The first-order valence-electron chi connectivity index (χ1n) is 8.75. The van der Waals surface area contributed by atoms with Crippen molar-refractivity contribution in [2.45, 2.75) is 32.5 Å². The number of hydrogen-bond acceptors (Lipinski definition) is 6. The average molecular weight is 403 g/mol. The molecule has 0 aromatic carbocycles. The fourth-order valence-corrected chi connectivity index (χ4v) is 4.70. The van der Waals surface area contributed by atoms with Gasteiger partial charge in [0.05, 0.1) is 5.41 Å². The molecule has 2 atom stereocenters. The summed E-state index contributed by atoms with van der Waals surface area (Å²) in [7, 11) is 0. The van der Waals surface area contributed by atoms with Crippen LogP contribution >= 0.6 is 24.2 Å². The number of aryl methyl sites for hydroxylation is 1. The van der Waals surface area contributed by atoms with Crippen LogP contribution in [0.5, 0.6) is 0 Å². The number of fused-ring (bicyclic) bond motifs is 1. The summed E-state index contributed by atoms with van der Waals surface area (Å²) in [4.78, 5) is 26.3. The molecule has 3 rings (SSSR count). The second-order valence-corrected chi connectivity index (χ2v) is 7.82. The number of rotatable bonds is 6. The lowest BCUT2D eigenvalue weighted by atomic mass is 9.80. The first-order valence-corrected chi connectivity index (χ1v) is 9.73. The molecule has 0 unspecified atom stereocenters. The fourth-order valence-electron chi connectivity index (χ4n) is 3.80. The van der Waals surface area contributed by atoms with Gasteiger partial charge in [0.2, 0.25) is 11.8 Å². The van der Waals surface area contributed by atoms with Gasteiger partial charge in [-0.3, -0.25) is 9.59 Å². The monoisotopic (exact) mass is 402 g/mol. The van der Waals surface area contributed by atoms with Crippen LogP contribution < -0.4 is 10.6 Å². The molecule has 1 aromatic heterocycles. The number of nitrogens with zero attached hydrogens (tertiary/aromatic N) is 4. The van der Waals surface area contributed by atoms with Gasteiger partial charge in [-0.25, -0.2) is 0 Å². The zero-order valence-corrected chi connectivity index (χ0v) is 17.1. The third-order valence-corrected chi connectivity index (χ3v) is 6.23. The summed E-state index contributed by atoms with van der Waals surface area (Å²) in [5.41, 5.74) is -0.476. The van der Waals surface area contributed by atoms with Crippen LogP contribution in [-0.2, 0) is 16.1 Å². The highest BCUT2D eigenvalue weighted by Crippen LogP contribution is 2.39. The Balaban J connectivity index is 0.00000243. The van der Waals surface area contributed by atoms with Crippen molar-refractivity contribution in [2.75, 3.05) is 38.5 Å². The fraction of sp³-hybridized carbons (Fsp3) is 0.750. The summed E-state index contributed by atoms with van der Waals surface area (Å²) in [6.07, 6.45) is 0. The van der Waals surface area contributed by atoms with E-state index in [0.29, 0.717) is 26.2 Å². The highest BCUT2D eigenvalue weighted by atomic mass is 35.5. The van der Waals surface area contributed by atoms with Crippen LogP contribution in [0.3, 0.4) is 0 Å². The maximum absolute atomic E-state index is 12.8. The molecular weight excluding hydrogens is 376 g/mol. The third-order valence-electron chi connectivity index (χ3n) is 5.26. The lowest BCUT2D eigenvalue weighted by molar-refractivity contribution is -0.132. The van der Waals surface area contributed by atoms with E-state index in [9.17, 15) is 9.59 Å². The molecule has 0 saturated carbocycles. The molecule has 2 aliphatic heterocycles. The van der Waals surface area contributed by atoms with Gasteiger partial charge < -0.3 is 20.1 Å². The molecule has 1 aromatic rings. The van der Waals surface area contributed by atoms with Gasteiger partial charge >= 0.3 is 0 Å². The van der Waals surface area contributed by atoms with E-state index < -0.39 is 5.41 Å². The molecule has 0 bridgehead atoms. The minimum atomic E-state index is -0.476. The van der Waals surface area contributed by atoms with Crippen LogP contribution in [0.15, 0.2) is 5.16 Å². The number of hydrogen-bond donors (Lipinski definition) is 2. The highest BCUT2D eigenvalue weighted by Gasteiger charge is 2.55. The SMILES string of the molecule is CCn1c(C)nnc1SCCNC(=O)[C@@]12CNC[C@@H]1CN(C(C)=O)C2.Cl. The van der Waals surface area contributed by atoms with E-state index in [4.69, 9.17) is 0 Å². The first kappa shape index (κ1) is 21.0. The second-order valence-electron chi connectivity index (χ2n) is 6.76. The zero-order valence-electron chi connectivity index (χ0n) is 15.4. The quantitative estimate of drug-likeness (QED) is 0.525. The normalized spacial score (nSPS) is 24.3. The van der Waals surface area contributed by atoms with Crippen LogP contribution in [0.25, 0.3) is 0 Å². The average Bonchev–Trinajstić information content (AvgIpc) is 3.23. The topological polar surface area (TPSA) is 92.2 Å². The molecule has 146 valence electrons. The second kappa shape index (κ2) is 8.58. The van der Waals surface area contributed by atoms with E-state index in [1.807, 2.05) is 6.92 Å². The molecule has 3 heterocycles. The van der Waals surface area contributed by atoms with Crippen LogP contribution in [-0.4, -0.2) is 70.0 Å². The lowest BCUT2D eigenvalue weighted by Crippen LogP contribution is -2.48. The van der Waals surface area contributed by atoms with Crippen molar-refractivity contribution in [1.82, 2.24) is 30.3 Å². The van der Waals surface area contributed by atoms with Crippen LogP contribution in [0, 0.1) is 18.3 Å². The molecule has 2 saturated heterocycles. The molecule has 2 N–H and O–H groups in total.